The van der Waals surface area contributed by atoms with Gasteiger partial charge in [0.25, 0.3) is 0 Å². The summed E-state index contributed by atoms with van der Waals surface area (Å²) in [5.41, 5.74) is 5.77. The number of anilines is 2. The van der Waals surface area contributed by atoms with E-state index in [4.69, 9.17) is 10.5 Å². The smallest absolute Gasteiger partial charge is 0.146 e. The quantitative estimate of drug-likeness (QED) is 0.700. The van der Waals surface area contributed by atoms with Crippen molar-refractivity contribution in [3.8, 4) is 0 Å². The standard InChI is InChI=1S/C11H17N3O2/c12-10-9(2-1-5-13-10)14-8-11(15)3-6-16-7-4-11/h1-2,5,14-15H,3-4,6-8H2,(H2,12,13). The first-order chi connectivity index (χ1) is 7.70. The Morgan fingerprint density at radius 3 is 2.94 bits per heavy atom. The van der Waals surface area contributed by atoms with Gasteiger partial charge in [0.2, 0.25) is 0 Å². The highest BCUT2D eigenvalue weighted by Gasteiger charge is 2.29. The monoisotopic (exact) mass is 223 g/mol. The summed E-state index contributed by atoms with van der Waals surface area (Å²) < 4.78 is 5.22. The molecule has 0 aliphatic carbocycles. The van der Waals surface area contributed by atoms with Crippen LogP contribution in [0.2, 0.25) is 0 Å². The van der Waals surface area contributed by atoms with E-state index in [0.717, 1.165) is 5.69 Å². The minimum atomic E-state index is -0.694. The predicted molar refractivity (Wildman–Crippen MR) is 62.1 cm³/mol. The third-order valence-corrected chi connectivity index (χ3v) is 2.87. The van der Waals surface area contributed by atoms with Crippen LogP contribution in [0.3, 0.4) is 0 Å². The average molecular weight is 223 g/mol. The van der Waals surface area contributed by atoms with Crippen LogP contribution >= 0.6 is 0 Å². The molecule has 5 heteroatoms. The topological polar surface area (TPSA) is 80.4 Å². The lowest BCUT2D eigenvalue weighted by molar-refractivity contribution is -0.0543. The van der Waals surface area contributed by atoms with Crippen molar-refractivity contribution in [2.24, 2.45) is 0 Å². The van der Waals surface area contributed by atoms with Gasteiger partial charge in [-0.15, -0.1) is 0 Å². The number of nitrogens with two attached hydrogens (primary N) is 1. The summed E-state index contributed by atoms with van der Waals surface area (Å²) in [6.07, 6.45) is 2.95. The minimum Gasteiger partial charge on any atom is -0.388 e. The zero-order valence-corrected chi connectivity index (χ0v) is 9.15. The lowest BCUT2D eigenvalue weighted by Crippen LogP contribution is -2.42. The molecule has 0 radical (unpaired) electrons. The van der Waals surface area contributed by atoms with Crippen LogP contribution in [-0.4, -0.2) is 35.5 Å². The number of hydrogen-bond acceptors (Lipinski definition) is 5. The average Bonchev–Trinajstić information content (AvgIpc) is 2.29. The van der Waals surface area contributed by atoms with Crippen molar-refractivity contribution in [2.45, 2.75) is 18.4 Å². The number of nitrogens with zero attached hydrogens (tertiary/aromatic N) is 1. The van der Waals surface area contributed by atoms with E-state index < -0.39 is 5.60 Å². The lowest BCUT2D eigenvalue weighted by Gasteiger charge is -2.32. The maximum atomic E-state index is 10.2. The van der Waals surface area contributed by atoms with Gasteiger partial charge in [-0.2, -0.15) is 0 Å². The van der Waals surface area contributed by atoms with E-state index in [1.165, 1.54) is 0 Å². The SMILES string of the molecule is Nc1ncccc1NCC1(O)CCOCC1. The second-order valence-corrected chi connectivity index (χ2v) is 4.13. The van der Waals surface area contributed by atoms with Crippen LogP contribution in [0.1, 0.15) is 12.8 Å². The van der Waals surface area contributed by atoms with Gasteiger partial charge in [-0.05, 0) is 12.1 Å². The van der Waals surface area contributed by atoms with E-state index in [9.17, 15) is 5.11 Å². The van der Waals surface area contributed by atoms with Gasteiger partial charge in [0, 0.05) is 38.8 Å². The summed E-state index contributed by atoms with van der Waals surface area (Å²) in [7, 11) is 0. The van der Waals surface area contributed by atoms with Crippen molar-refractivity contribution < 1.29 is 9.84 Å². The molecule has 1 saturated heterocycles. The maximum absolute atomic E-state index is 10.2. The van der Waals surface area contributed by atoms with Crippen LogP contribution in [0.5, 0.6) is 0 Å². The van der Waals surface area contributed by atoms with Crippen molar-refractivity contribution in [1.29, 1.82) is 0 Å². The zero-order valence-electron chi connectivity index (χ0n) is 9.15. The highest BCUT2D eigenvalue weighted by Crippen LogP contribution is 2.22. The first-order valence-electron chi connectivity index (χ1n) is 5.44. The van der Waals surface area contributed by atoms with Gasteiger partial charge in [-0.25, -0.2) is 4.98 Å². The normalized spacial score (nSPS) is 19.3. The fraction of sp³-hybridized carbons (Fsp3) is 0.545. The number of rotatable bonds is 3. The Bertz CT molecular complexity index is 351. The van der Waals surface area contributed by atoms with Gasteiger partial charge in [0.05, 0.1) is 11.3 Å². The predicted octanol–water partition coefficient (Wildman–Crippen LogP) is 0.617. The largest absolute Gasteiger partial charge is 0.388 e. The third kappa shape index (κ3) is 2.62. The number of nitrogens with one attached hydrogen (secondary N) is 1. The van der Waals surface area contributed by atoms with Gasteiger partial charge >= 0.3 is 0 Å². The molecule has 1 aromatic heterocycles. The fourth-order valence-corrected chi connectivity index (χ4v) is 1.75. The first-order valence-corrected chi connectivity index (χ1v) is 5.44. The molecule has 16 heavy (non-hydrogen) atoms. The summed E-state index contributed by atoms with van der Waals surface area (Å²) in [5.74, 6) is 0.457. The fourth-order valence-electron chi connectivity index (χ4n) is 1.75. The van der Waals surface area contributed by atoms with E-state index in [-0.39, 0.29) is 0 Å². The van der Waals surface area contributed by atoms with Crippen LogP contribution in [0, 0.1) is 0 Å². The molecule has 1 aromatic rings. The minimum absolute atomic E-state index is 0.457. The Kier molecular flexibility index (Phi) is 3.26. The summed E-state index contributed by atoms with van der Waals surface area (Å²) in [6.45, 7) is 1.70. The highest BCUT2D eigenvalue weighted by atomic mass is 16.5. The molecule has 0 amide bonds. The number of aromatic nitrogens is 1. The summed E-state index contributed by atoms with van der Waals surface area (Å²) in [4.78, 5) is 3.97. The van der Waals surface area contributed by atoms with Crippen LogP contribution in [0.15, 0.2) is 18.3 Å². The molecule has 0 spiro atoms. The Balaban J connectivity index is 1.94. The number of aliphatic hydroxyl groups is 1. The summed E-state index contributed by atoms with van der Waals surface area (Å²) in [6, 6.07) is 3.66. The van der Waals surface area contributed by atoms with Gasteiger partial charge in [0.1, 0.15) is 5.82 Å². The van der Waals surface area contributed by atoms with Crippen molar-refractivity contribution >= 4 is 11.5 Å². The zero-order chi connectivity index (χ0) is 11.4. The van der Waals surface area contributed by atoms with E-state index in [1.54, 1.807) is 6.20 Å². The van der Waals surface area contributed by atoms with E-state index in [2.05, 4.69) is 10.3 Å². The van der Waals surface area contributed by atoms with E-state index in [0.29, 0.717) is 38.4 Å². The highest BCUT2D eigenvalue weighted by molar-refractivity contribution is 5.60. The number of nitrogen functional groups attached to an aromatic ring is 1. The second kappa shape index (κ2) is 4.67. The summed E-state index contributed by atoms with van der Waals surface area (Å²) >= 11 is 0. The number of hydrogen-bond donors (Lipinski definition) is 3. The molecule has 2 rings (SSSR count). The Hall–Kier alpha value is -1.33. The van der Waals surface area contributed by atoms with E-state index in [1.807, 2.05) is 12.1 Å². The van der Waals surface area contributed by atoms with Crippen molar-refractivity contribution in [3.63, 3.8) is 0 Å². The maximum Gasteiger partial charge on any atom is 0.146 e. The molecule has 0 unspecified atom stereocenters. The Morgan fingerprint density at radius 2 is 2.25 bits per heavy atom. The van der Waals surface area contributed by atoms with E-state index >= 15 is 0 Å². The molecule has 1 aliphatic heterocycles. The second-order valence-electron chi connectivity index (χ2n) is 4.13. The molecule has 0 bridgehead atoms. The molecule has 5 nitrogen and oxygen atoms in total. The molecule has 4 N–H and O–H groups in total. The van der Waals surface area contributed by atoms with Crippen molar-refractivity contribution in [3.05, 3.63) is 18.3 Å². The van der Waals surface area contributed by atoms with Crippen LogP contribution in [0.25, 0.3) is 0 Å². The van der Waals surface area contributed by atoms with Crippen molar-refractivity contribution in [2.75, 3.05) is 30.8 Å². The molecule has 0 saturated carbocycles. The van der Waals surface area contributed by atoms with Gasteiger partial charge in [0.15, 0.2) is 0 Å². The van der Waals surface area contributed by atoms with Crippen molar-refractivity contribution in [1.82, 2.24) is 4.98 Å². The molecule has 1 fully saturated rings. The first kappa shape index (κ1) is 11.2. The van der Waals surface area contributed by atoms with Gasteiger partial charge in [-0.3, -0.25) is 0 Å². The third-order valence-electron chi connectivity index (χ3n) is 2.87. The Labute approximate surface area is 94.6 Å². The molecule has 88 valence electrons. The number of pyridine rings is 1. The lowest BCUT2D eigenvalue weighted by atomic mass is 9.94. The van der Waals surface area contributed by atoms with Crippen LogP contribution in [-0.2, 0) is 4.74 Å². The molecule has 1 aliphatic rings. The summed E-state index contributed by atoms with van der Waals surface area (Å²) in [5, 5.41) is 13.3. The molecular formula is C11H17N3O2. The Morgan fingerprint density at radius 1 is 1.50 bits per heavy atom. The molecular weight excluding hydrogens is 206 g/mol. The van der Waals surface area contributed by atoms with Crippen LogP contribution in [0.4, 0.5) is 11.5 Å². The molecule has 2 heterocycles. The van der Waals surface area contributed by atoms with Crippen LogP contribution < -0.4 is 11.1 Å². The van der Waals surface area contributed by atoms with Gasteiger partial charge < -0.3 is 20.9 Å². The molecule has 0 aromatic carbocycles. The number of ether oxygens (including phenoxy) is 1. The van der Waals surface area contributed by atoms with Gasteiger partial charge in [-0.1, -0.05) is 0 Å². The molecule has 0 atom stereocenters.